The van der Waals surface area contributed by atoms with E-state index in [4.69, 9.17) is 9.47 Å². The molecule has 0 saturated carbocycles. The molecule has 0 aliphatic rings. The van der Waals surface area contributed by atoms with E-state index < -0.39 is 34.2 Å². The zero-order valence-electron chi connectivity index (χ0n) is 18.2. The van der Waals surface area contributed by atoms with Crippen molar-refractivity contribution in [3.63, 3.8) is 0 Å². The Kier molecular flexibility index (Phi) is 8.38. The summed E-state index contributed by atoms with van der Waals surface area (Å²) in [6.07, 6.45) is 2.05. The standard InChI is InChI=1S/C23H29NO6S/c1-23(2,3)30-22(26)17-24(16-19(25)11-10-18-8-6-5-7-9-18)31(27,28)21-14-12-20(29-4)13-15-21/h5-15,19,25H,16-17H2,1-4H3. The molecule has 0 heterocycles. The van der Waals surface area contributed by atoms with Crippen molar-refractivity contribution in [3.05, 3.63) is 66.2 Å². The maximum Gasteiger partial charge on any atom is 0.321 e. The van der Waals surface area contributed by atoms with Gasteiger partial charge in [-0.1, -0.05) is 42.5 Å². The Balaban J connectivity index is 2.26. The molecule has 0 saturated heterocycles. The maximum absolute atomic E-state index is 13.2. The number of benzene rings is 2. The van der Waals surface area contributed by atoms with Crippen LogP contribution >= 0.6 is 0 Å². The molecule has 2 rings (SSSR count). The second kappa shape index (κ2) is 10.6. The number of carbonyl (C=O) groups excluding carboxylic acids is 1. The number of hydrogen-bond donors (Lipinski definition) is 1. The quantitative estimate of drug-likeness (QED) is 0.594. The Labute approximate surface area is 184 Å². The lowest BCUT2D eigenvalue weighted by Gasteiger charge is -2.25. The van der Waals surface area contributed by atoms with Gasteiger partial charge in [0, 0.05) is 6.54 Å². The molecular weight excluding hydrogens is 418 g/mol. The molecule has 1 unspecified atom stereocenters. The van der Waals surface area contributed by atoms with Crippen LogP contribution in [0.1, 0.15) is 26.3 Å². The normalized spacial score (nSPS) is 13.4. The summed E-state index contributed by atoms with van der Waals surface area (Å²) >= 11 is 0. The third-order valence-corrected chi connectivity index (χ3v) is 5.95. The number of aliphatic hydroxyl groups excluding tert-OH is 1. The molecule has 0 amide bonds. The van der Waals surface area contributed by atoms with Crippen molar-refractivity contribution in [2.45, 2.75) is 37.4 Å². The van der Waals surface area contributed by atoms with Gasteiger partial charge in [0.25, 0.3) is 0 Å². The van der Waals surface area contributed by atoms with E-state index in [1.165, 1.54) is 37.5 Å². The average molecular weight is 448 g/mol. The van der Waals surface area contributed by atoms with Crippen molar-refractivity contribution in [2.24, 2.45) is 0 Å². The summed E-state index contributed by atoms with van der Waals surface area (Å²) in [6, 6.07) is 15.1. The van der Waals surface area contributed by atoms with Gasteiger partial charge in [-0.05, 0) is 50.6 Å². The number of carbonyl (C=O) groups is 1. The van der Waals surface area contributed by atoms with Crippen molar-refractivity contribution in [3.8, 4) is 5.75 Å². The Morgan fingerprint density at radius 2 is 1.71 bits per heavy atom. The molecule has 0 aliphatic carbocycles. The molecule has 168 valence electrons. The van der Waals surface area contributed by atoms with Crippen LogP contribution in [-0.2, 0) is 19.6 Å². The zero-order valence-corrected chi connectivity index (χ0v) is 19.0. The molecule has 0 bridgehead atoms. The SMILES string of the molecule is COc1ccc(S(=O)(=O)N(CC(=O)OC(C)(C)C)CC(O)C=Cc2ccccc2)cc1. The molecule has 8 heteroatoms. The molecule has 0 aromatic heterocycles. The summed E-state index contributed by atoms with van der Waals surface area (Å²) in [7, 11) is -2.59. The predicted molar refractivity (Wildman–Crippen MR) is 119 cm³/mol. The van der Waals surface area contributed by atoms with Crippen LogP contribution in [0.2, 0.25) is 0 Å². The smallest absolute Gasteiger partial charge is 0.321 e. The van der Waals surface area contributed by atoms with Gasteiger partial charge >= 0.3 is 5.97 Å². The number of esters is 1. The van der Waals surface area contributed by atoms with Crippen LogP contribution < -0.4 is 4.74 Å². The second-order valence-electron chi connectivity index (χ2n) is 7.90. The van der Waals surface area contributed by atoms with Crippen molar-refractivity contribution in [1.82, 2.24) is 4.31 Å². The van der Waals surface area contributed by atoms with Crippen molar-refractivity contribution in [1.29, 1.82) is 0 Å². The number of hydrogen-bond acceptors (Lipinski definition) is 6. The maximum atomic E-state index is 13.2. The van der Waals surface area contributed by atoms with Crippen molar-refractivity contribution in [2.75, 3.05) is 20.2 Å². The van der Waals surface area contributed by atoms with Gasteiger partial charge in [0.2, 0.25) is 10.0 Å². The lowest BCUT2D eigenvalue weighted by Crippen LogP contribution is -2.42. The van der Waals surface area contributed by atoms with Gasteiger partial charge in [0.15, 0.2) is 0 Å². The minimum atomic E-state index is -4.07. The van der Waals surface area contributed by atoms with Crippen LogP contribution in [0.5, 0.6) is 5.75 Å². The average Bonchev–Trinajstić information content (AvgIpc) is 2.71. The fourth-order valence-corrected chi connectivity index (χ4v) is 4.12. The summed E-state index contributed by atoms with van der Waals surface area (Å²) in [5.74, 6) is -0.202. The van der Waals surface area contributed by atoms with E-state index in [-0.39, 0.29) is 11.4 Å². The van der Waals surface area contributed by atoms with Crippen LogP contribution in [-0.4, -0.2) is 55.7 Å². The minimum Gasteiger partial charge on any atom is -0.497 e. The van der Waals surface area contributed by atoms with Crippen LogP contribution in [0.15, 0.2) is 65.6 Å². The fourth-order valence-electron chi connectivity index (χ4n) is 2.72. The highest BCUT2D eigenvalue weighted by Crippen LogP contribution is 2.20. The summed E-state index contributed by atoms with van der Waals surface area (Å²) in [5, 5.41) is 10.5. The van der Waals surface area contributed by atoms with Gasteiger partial charge in [-0.3, -0.25) is 4.79 Å². The van der Waals surface area contributed by atoms with E-state index in [2.05, 4.69) is 0 Å². The highest BCUT2D eigenvalue weighted by atomic mass is 32.2. The first kappa shape index (κ1) is 24.6. The molecule has 31 heavy (non-hydrogen) atoms. The molecule has 1 N–H and O–H groups in total. The number of aliphatic hydroxyl groups is 1. The van der Waals surface area contributed by atoms with E-state index in [9.17, 15) is 18.3 Å². The molecular formula is C23H29NO6S. The van der Waals surface area contributed by atoms with E-state index in [1.807, 2.05) is 30.3 Å². The molecule has 0 aliphatic heterocycles. The van der Waals surface area contributed by atoms with E-state index in [0.717, 1.165) is 9.87 Å². The number of nitrogens with zero attached hydrogens (tertiary/aromatic N) is 1. The third-order valence-electron chi connectivity index (χ3n) is 4.12. The lowest BCUT2D eigenvalue weighted by atomic mass is 10.2. The first-order chi connectivity index (χ1) is 14.5. The number of methoxy groups -OCH3 is 1. The van der Waals surface area contributed by atoms with E-state index >= 15 is 0 Å². The first-order valence-electron chi connectivity index (χ1n) is 9.78. The summed E-state index contributed by atoms with van der Waals surface area (Å²) in [5.41, 5.74) is 0.0941. The van der Waals surface area contributed by atoms with Gasteiger partial charge < -0.3 is 14.6 Å². The molecule has 0 fully saturated rings. The van der Waals surface area contributed by atoms with Crippen LogP contribution in [0, 0.1) is 0 Å². The van der Waals surface area contributed by atoms with E-state index in [0.29, 0.717) is 5.75 Å². The summed E-state index contributed by atoms with van der Waals surface area (Å²) < 4.78 is 37.6. The lowest BCUT2D eigenvalue weighted by molar-refractivity contribution is -0.155. The van der Waals surface area contributed by atoms with Gasteiger partial charge in [0.05, 0.1) is 18.1 Å². The monoisotopic (exact) mass is 447 g/mol. The van der Waals surface area contributed by atoms with E-state index in [1.54, 1.807) is 26.8 Å². The largest absolute Gasteiger partial charge is 0.497 e. The van der Waals surface area contributed by atoms with Crippen molar-refractivity contribution < 1.29 is 27.8 Å². The number of sulfonamides is 1. The minimum absolute atomic E-state index is 0.0175. The van der Waals surface area contributed by atoms with Crippen molar-refractivity contribution >= 4 is 22.1 Å². The molecule has 2 aromatic carbocycles. The fraction of sp³-hybridized carbons (Fsp3) is 0.348. The van der Waals surface area contributed by atoms with Crippen LogP contribution in [0.25, 0.3) is 6.08 Å². The predicted octanol–water partition coefficient (Wildman–Crippen LogP) is 3.10. The molecule has 1 atom stereocenters. The summed E-state index contributed by atoms with van der Waals surface area (Å²) in [4.78, 5) is 12.3. The zero-order chi connectivity index (χ0) is 23.1. The molecule has 0 radical (unpaired) electrons. The Bertz CT molecular complexity index is 979. The Morgan fingerprint density at radius 3 is 2.26 bits per heavy atom. The highest BCUT2D eigenvalue weighted by Gasteiger charge is 2.30. The number of ether oxygens (including phenoxy) is 2. The third kappa shape index (κ3) is 7.82. The van der Waals surface area contributed by atoms with Gasteiger partial charge in [-0.25, -0.2) is 8.42 Å². The van der Waals surface area contributed by atoms with Gasteiger partial charge in [0.1, 0.15) is 17.9 Å². The number of rotatable bonds is 9. The van der Waals surface area contributed by atoms with Crippen LogP contribution in [0.4, 0.5) is 0 Å². The molecule has 0 spiro atoms. The summed E-state index contributed by atoms with van der Waals surface area (Å²) in [6.45, 7) is 4.26. The Hall–Kier alpha value is -2.68. The second-order valence-corrected chi connectivity index (χ2v) is 9.83. The highest BCUT2D eigenvalue weighted by molar-refractivity contribution is 7.89. The first-order valence-corrected chi connectivity index (χ1v) is 11.2. The van der Waals surface area contributed by atoms with Gasteiger partial charge in [-0.15, -0.1) is 0 Å². The van der Waals surface area contributed by atoms with Crippen LogP contribution in [0.3, 0.4) is 0 Å². The molecule has 7 nitrogen and oxygen atoms in total. The topological polar surface area (TPSA) is 93.1 Å². The molecule has 2 aromatic rings. The Morgan fingerprint density at radius 1 is 1.10 bits per heavy atom. The van der Waals surface area contributed by atoms with Gasteiger partial charge in [-0.2, -0.15) is 4.31 Å².